The highest BCUT2D eigenvalue weighted by Gasteiger charge is 2.38. The molecule has 1 aliphatic heterocycles. The second kappa shape index (κ2) is 9.41. The van der Waals surface area contributed by atoms with Crippen LogP contribution in [0.1, 0.15) is 31.3 Å². The molecule has 1 saturated heterocycles. The highest BCUT2D eigenvalue weighted by atomic mass is 19.4. The van der Waals surface area contributed by atoms with Crippen molar-refractivity contribution < 1.29 is 27.6 Å². The number of nitrogens with zero attached hydrogens (tertiary/aromatic N) is 6. The van der Waals surface area contributed by atoms with Crippen LogP contribution in [0.3, 0.4) is 0 Å². The minimum atomic E-state index is -5.08. The van der Waals surface area contributed by atoms with Gasteiger partial charge in [-0.2, -0.15) is 18.2 Å². The summed E-state index contributed by atoms with van der Waals surface area (Å²) < 4.78 is 39.1. The number of carbonyl (C=O) groups is 1. The Kier molecular flexibility index (Phi) is 6.52. The van der Waals surface area contributed by atoms with Crippen molar-refractivity contribution in [2.45, 2.75) is 38.3 Å². The molecule has 4 aromatic rings. The SMILES string of the molecule is Cc1c(-c2nc(C3(C)CCNCC3)no2)nnn1-c1cccc2cnccc12.O=C(O)C(F)(F)F. The lowest BCUT2D eigenvalue weighted by Crippen LogP contribution is -2.38. The number of pyridine rings is 1. The summed E-state index contributed by atoms with van der Waals surface area (Å²) in [5.41, 5.74) is 2.35. The standard InChI is InChI=1S/C20H21N7O.C2HF3O2/c1-13-17(18-23-19(25-28-18)20(2)7-10-21-11-8-20)24-26-27(13)16-5-3-4-14-12-22-9-6-15(14)16;3-2(4,5)1(6)7/h3-6,9,12,21H,7-8,10-11H2,1-2H3;(H,6,7). The average molecular weight is 489 g/mol. The number of carboxylic acids is 1. The third-order valence-corrected chi connectivity index (χ3v) is 5.90. The molecule has 10 nitrogen and oxygen atoms in total. The van der Waals surface area contributed by atoms with Crippen LogP contribution in [0, 0.1) is 6.92 Å². The van der Waals surface area contributed by atoms with Gasteiger partial charge in [-0.1, -0.05) is 29.4 Å². The number of aliphatic carboxylic acids is 1. The Labute approximate surface area is 197 Å². The fourth-order valence-electron chi connectivity index (χ4n) is 3.81. The highest BCUT2D eigenvalue weighted by molar-refractivity contribution is 5.89. The molecule has 1 fully saturated rings. The lowest BCUT2D eigenvalue weighted by molar-refractivity contribution is -0.192. The number of halogens is 3. The molecule has 35 heavy (non-hydrogen) atoms. The molecular formula is C22H22F3N7O3. The lowest BCUT2D eigenvalue weighted by Gasteiger charge is -2.30. The molecule has 0 amide bonds. The van der Waals surface area contributed by atoms with E-state index >= 15 is 0 Å². The van der Waals surface area contributed by atoms with Crippen molar-refractivity contribution in [2.24, 2.45) is 0 Å². The fraction of sp³-hybridized carbons (Fsp3) is 0.364. The van der Waals surface area contributed by atoms with Crippen molar-refractivity contribution in [3.8, 4) is 17.3 Å². The van der Waals surface area contributed by atoms with Crippen LogP contribution in [0.25, 0.3) is 28.0 Å². The first-order valence-electron chi connectivity index (χ1n) is 10.7. The zero-order chi connectivity index (χ0) is 25.2. The minimum Gasteiger partial charge on any atom is -0.475 e. The van der Waals surface area contributed by atoms with Crippen LogP contribution in [0.4, 0.5) is 13.2 Å². The van der Waals surface area contributed by atoms with Crippen LogP contribution in [-0.4, -0.2) is 60.5 Å². The predicted molar refractivity (Wildman–Crippen MR) is 118 cm³/mol. The van der Waals surface area contributed by atoms with Crippen LogP contribution in [0.15, 0.2) is 41.2 Å². The highest BCUT2D eigenvalue weighted by Crippen LogP contribution is 2.33. The lowest BCUT2D eigenvalue weighted by atomic mass is 9.80. The number of hydrogen-bond acceptors (Lipinski definition) is 8. The fourth-order valence-corrected chi connectivity index (χ4v) is 3.81. The van der Waals surface area contributed by atoms with Gasteiger partial charge in [0.1, 0.15) is 0 Å². The van der Waals surface area contributed by atoms with E-state index in [1.807, 2.05) is 42.1 Å². The van der Waals surface area contributed by atoms with E-state index in [0.717, 1.165) is 53.9 Å². The summed E-state index contributed by atoms with van der Waals surface area (Å²) in [5, 5.41) is 25.6. The van der Waals surface area contributed by atoms with Gasteiger partial charge in [0, 0.05) is 28.6 Å². The molecule has 0 saturated carbocycles. The van der Waals surface area contributed by atoms with Gasteiger partial charge in [0.05, 0.1) is 11.4 Å². The van der Waals surface area contributed by atoms with Crippen molar-refractivity contribution in [3.05, 3.63) is 48.2 Å². The Hall–Kier alpha value is -3.87. The maximum Gasteiger partial charge on any atom is 0.490 e. The van der Waals surface area contributed by atoms with E-state index in [-0.39, 0.29) is 5.41 Å². The van der Waals surface area contributed by atoms with E-state index in [2.05, 4.69) is 37.7 Å². The summed E-state index contributed by atoms with van der Waals surface area (Å²) >= 11 is 0. The Morgan fingerprint density at radius 1 is 1.23 bits per heavy atom. The number of carboxylic acid groups (broad SMARTS) is 1. The second-order valence-electron chi connectivity index (χ2n) is 8.35. The zero-order valence-electron chi connectivity index (χ0n) is 18.9. The molecule has 0 atom stereocenters. The Morgan fingerprint density at radius 3 is 2.63 bits per heavy atom. The van der Waals surface area contributed by atoms with E-state index in [4.69, 9.17) is 14.4 Å². The van der Waals surface area contributed by atoms with Gasteiger partial charge in [-0.25, -0.2) is 9.48 Å². The largest absolute Gasteiger partial charge is 0.490 e. The maximum absolute atomic E-state index is 10.6. The average Bonchev–Trinajstić information content (AvgIpc) is 3.46. The van der Waals surface area contributed by atoms with E-state index in [1.165, 1.54) is 0 Å². The molecule has 0 spiro atoms. The topological polar surface area (TPSA) is 132 Å². The first kappa shape index (κ1) is 24.3. The van der Waals surface area contributed by atoms with Gasteiger partial charge in [0.15, 0.2) is 11.5 Å². The van der Waals surface area contributed by atoms with Gasteiger partial charge in [-0.05, 0) is 45.0 Å². The molecule has 13 heteroatoms. The number of hydrogen-bond donors (Lipinski definition) is 2. The van der Waals surface area contributed by atoms with Gasteiger partial charge in [0.25, 0.3) is 5.89 Å². The van der Waals surface area contributed by atoms with E-state index < -0.39 is 12.1 Å². The number of benzene rings is 1. The molecule has 184 valence electrons. The van der Waals surface area contributed by atoms with Crippen LogP contribution in [0.5, 0.6) is 0 Å². The van der Waals surface area contributed by atoms with Crippen molar-refractivity contribution in [1.29, 1.82) is 0 Å². The molecular weight excluding hydrogens is 467 g/mol. The monoisotopic (exact) mass is 489 g/mol. The number of rotatable bonds is 3. The Morgan fingerprint density at radius 2 is 1.94 bits per heavy atom. The summed E-state index contributed by atoms with van der Waals surface area (Å²) in [6, 6.07) is 8.02. The van der Waals surface area contributed by atoms with E-state index in [0.29, 0.717) is 11.6 Å². The predicted octanol–water partition coefficient (Wildman–Crippen LogP) is 3.45. The number of alkyl halides is 3. The third kappa shape index (κ3) is 4.99. The Bertz CT molecular complexity index is 1340. The third-order valence-electron chi connectivity index (χ3n) is 5.90. The van der Waals surface area contributed by atoms with Crippen molar-refractivity contribution in [2.75, 3.05) is 13.1 Å². The Balaban J connectivity index is 0.000000364. The van der Waals surface area contributed by atoms with Gasteiger partial charge < -0.3 is 14.9 Å². The summed E-state index contributed by atoms with van der Waals surface area (Å²) in [6.07, 6.45) is 0.516. The quantitative estimate of drug-likeness (QED) is 0.444. The molecule has 1 aliphatic rings. The summed E-state index contributed by atoms with van der Waals surface area (Å²) in [5.74, 6) is -1.60. The van der Waals surface area contributed by atoms with Crippen molar-refractivity contribution in [1.82, 2.24) is 35.4 Å². The maximum atomic E-state index is 10.6. The van der Waals surface area contributed by atoms with Crippen LogP contribution in [-0.2, 0) is 10.2 Å². The molecule has 0 radical (unpaired) electrons. The van der Waals surface area contributed by atoms with Gasteiger partial charge in [0.2, 0.25) is 0 Å². The normalized spacial score (nSPS) is 15.5. The molecule has 0 unspecified atom stereocenters. The smallest absolute Gasteiger partial charge is 0.475 e. The van der Waals surface area contributed by atoms with Gasteiger partial charge in [-0.15, -0.1) is 5.10 Å². The number of fused-ring (bicyclic) bond motifs is 1. The second-order valence-corrected chi connectivity index (χ2v) is 8.35. The van der Waals surface area contributed by atoms with Gasteiger partial charge >= 0.3 is 12.1 Å². The molecule has 0 bridgehead atoms. The zero-order valence-corrected chi connectivity index (χ0v) is 18.9. The number of piperidine rings is 1. The van der Waals surface area contributed by atoms with Crippen LogP contribution < -0.4 is 5.32 Å². The molecule has 1 aromatic carbocycles. The van der Waals surface area contributed by atoms with Gasteiger partial charge in [-0.3, -0.25) is 4.98 Å². The number of nitrogens with one attached hydrogen (secondary N) is 1. The summed E-state index contributed by atoms with van der Waals surface area (Å²) in [6.45, 7) is 6.08. The minimum absolute atomic E-state index is 0.0699. The van der Waals surface area contributed by atoms with Crippen LogP contribution >= 0.6 is 0 Å². The van der Waals surface area contributed by atoms with Crippen molar-refractivity contribution in [3.63, 3.8) is 0 Å². The van der Waals surface area contributed by atoms with Crippen LogP contribution in [0.2, 0.25) is 0 Å². The van der Waals surface area contributed by atoms with E-state index in [9.17, 15) is 13.2 Å². The van der Waals surface area contributed by atoms with Crippen molar-refractivity contribution >= 4 is 16.7 Å². The summed E-state index contributed by atoms with van der Waals surface area (Å²) in [4.78, 5) is 17.8. The molecule has 5 rings (SSSR count). The van der Waals surface area contributed by atoms with E-state index in [1.54, 1.807) is 6.20 Å². The molecule has 2 N–H and O–H groups in total. The summed E-state index contributed by atoms with van der Waals surface area (Å²) in [7, 11) is 0. The number of aromatic nitrogens is 6. The first-order valence-corrected chi connectivity index (χ1v) is 10.7. The molecule has 3 aromatic heterocycles. The molecule has 4 heterocycles. The first-order chi connectivity index (χ1) is 16.6. The molecule has 0 aliphatic carbocycles.